The van der Waals surface area contributed by atoms with E-state index in [-0.39, 0.29) is 17.5 Å². The normalized spacial score (nSPS) is 21.9. The molecule has 12 heavy (non-hydrogen) atoms. The average molecular weight is 166 g/mol. The van der Waals surface area contributed by atoms with Crippen molar-refractivity contribution < 1.29 is 4.39 Å². The minimum atomic E-state index is -0.318. The Morgan fingerprint density at radius 1 is 1.50 bits per heavy atom. The number of hydrogen-bond acceptors (Lipinski definition) is 2. The third-order valence-corrected chi connectivity index (χ3v) is 2.29. The fourth-order valence-electron chi connectivity index (χ4n) is 1.41. The Labute approximate surface area is 70.6 Å². The standard InChI is InChI=1S/C9H11FN2/c10-7-3-1-2-6(9(7)11)8-4-5-12-8/h1-3,8,12H,4-5,11H2. The molecule has 1 heterocycles. The number of hydrogen-bond donors (Lipinski definition) is 2. The highest BCUT2D eigenvalue weighted by Gasteiger charge is 2.21. The summed E-state index contributed by atoms with van der Waals surface area (Å²) >= 11 is 0. The van der Waals surface area contributed by atoms with E-state index in [1.165, 1.54) is 6.07 Å². The number of anilines is 1. The van der Waals surface area contributed by atoms with Crippen molar-refractivity contribution in [2.45, 2.75) is 12.5 Å². The molecule has 0 spiro atoms. The van der Waals surface area contributed by atoms with Crippen LogP contribution in [0.1, 0.15) is 18.0 Å². The van der Waals surface area contributed by atoms with Gasteiger partial charge in [0.05, 0.1) is 5.69 Å². The van der Waals surface area contributed by atoms with Crippen molar-refractivity contribution in [3.63, 3.8) is 0 Å². The van der Waals surface area contributed by atoms with Crippen molar-refractivity contribution in [3.8, 4) is 0 Å². The van der Waals surface area contributed by atoms with Gasteiger partial charge in [-0.25, -0.2) is 4.39 Å². The Kier molecular flexibility index (Phi) is 1.73. The molecule has 3 heteroatoms. The van der Waals surface area contributed by atoms with Crippen LogP contribution in [0.2, 0.25) is 0 Å². The monoisotopic (exact) mass is 166 g/mol. The maximum absolute atomic E-state index is 12.9. The van der Waals surface area contributed by atoms with Crippen LogP contribution in [0.25, 0.3) is 0 Å². The highest BCUT2D eigenvalue weighted by atomic mass is 19.1. The molecule has 0 aromatic heterocycles. The van der Waals surface area contributed by atoms with Crippen molar-refractivity contribution >= 4 is 5.69 Å². The lowest BCUT2D eigenvalue weighted by molar-refractivity contribution is 0.383. The van der Waals surface area contributed by atoms with Crippen molar-refractivity contribution in [1.82, 2.24) is 5.32 Å². The van der Waals surface area contributed by atoms with Crippen molar-refractivity contribution in [1.29, 1.82) is 0 Å². The fourth-order valence-corrected chi connectivity index (χ4v) is 1.41. The van der Waals surface area contributed by atoms with Crippen LogP contribution in [0, 0.1) is 5.82 Å². The molecule has 0 aliphatic carbocycles. The molecule has 0 saturated carbocycles. The minimum absolute atomic E-state index is 0.265. The molecule has 1 fully saturated rings. The second-order valence-corrected chi connectivity index (χ2v) is 3.04. The quantitative estimate of drug-likeness (QED) is 0.619. The molecule has 64 valence electrons. The number of rotatable bonds is 1. The Balaban J connectivity index is 2.36. The SMILES string of the molecule is Nc1c(F)cccc1C1CCN1. The number of benzene rings is 1. The zero-order valence-corrected chi connectivity index (χ0v) is 6.68. The summed E-state index contributed by atoms with van der Waals surface area (Å²) in [6.07, 6.45) is 1.05. The molecule has 2 nitrogen and oxygen atoms in total. The molecule has 2 rings (SSSR count). The highest BCUT2D eigenvalue weighted by molar-refractivity contribution is 5.50. The summed E-state index contributed by atoms with van der Waals surface area (Å²) in [7, 11) is 0. The lowest BCUT2D eigenvalue weighted by Gasteiger charge is -2.29. The molecule has 1 aliphatic heterocycles. The first-order chi connectivity index (χ1) is 5.79. The molecule has 1 atom stereocenters. The third-order valence-electron chi connectivity index (χ3n) is 2.29. The molecule has 0 amide bonds. The van der Waals surface area contributed by atoms with E-state index in [0.717, 1.165) is 18.5 Å². The van der Waals surface area contributed by atoms with Crippen molar-refractivity contribution in [2.24, 2.45) is 0 Å². The van der Waals surface area contributed by atoms with Gasteiger partial charge in [-0.15, -0.1) is 0 Å². The van der Waals surface area contributed by atoms with Gasteiger partial charge in [0.1, 0.15) is 5.82 Å². The first-order valence-corrected chi connectivity index (χ1v) is 4.06. The zero-order chi connectivity index (χ0) is 8.55. The van der Waals surface area contributed by atoms with E-state index in [0.29, 0.717) is 0 Å². The van der Waals surface area contributed by atoms with Crippen LogP contribution in [-0.4, -0.2) is 6.54 Å². The van der Waals surface area contributed by atoms with Gasteiger partial charge in [-0.1, -0.05) is 12.1 Å². The molecule has 0 radical (unpaired) electrons. The molecule has 1 unspecified atom stereocenters. The number of halogens is 1. The number of para-hydroxylation sites is 1. The van der Waals surface area contributed by atoms with Crippen molar-refractivity contribution in [2.75, 3.05) is 12.3 Å². The summed E-state index contributed by atoms with van der Waals surface area (Å²) in [5, 5.41) is 3.18. The molecular weight excluding hydrogens is 155 g/mol. The molecule has 1 aliphatic rings. The van der Waals surface area contributed by atoms with Crippen molar-refractivity contribution in [3.05, 3.63) is 29.6 Å². The molecule has 1 aromatic carbocycles. The molecule has 0 bridgehead atoms. The Morgan fingerprint density at radius 3 is 2.83 bits per heavy atom. The van der Waals surface area contributed by atoms with Gasteiger partial charge in [-0.2, -0.15) is 0 Å². The maximum atomic E-state index is 12.9. The van der Waals surface area contributed by atoms with E-state index in [1.807, 2.05) is 6.07 Å². The average Bonchev–Trinajstić information content (AvgIpc) is 1.95. The summed E-state index contributed by atoms with van der Waals surface area (Å²) < 4.78 is 12.9. The van der Waals surface area contributed by atoms with Crippen LogP contribution in [0.3, 0.4) is 0 Å². The van der Waals surface area contributed by atoms with Gasteiger partial charge >= 0.3 is 0 Å². The lowest BCUT2D eigenvalue weighted by Crippen LogP contribution is -2.35. The highest BCUT2D eigenvalue weighted by Crippen LogP contribution is 2.28. The predicted molar refractivity (Wildman–Crippen MR) is 46.2 cm³/mol. The predicted octanol–water partition coefficient (Wildman–Crippen LogP) is 1.44. The van der Waals surface area contributed by atoms with Crippen LogP contribution >= 0.6 is 0 Å². The van der Waals surface area contributed by atoms with Gasteiger partial charge in [0.15, 0.2) is 0 Å². The Morgan fingerprint density at radius 2 is 2.25 bits per heavy atom. The van der Waals surface area contributed by atoms with Crippen LogP contribution in [0.15, 0.2) is 18.2 Å². The second kappa shape index (κ2) is 2.75. The summed E-state index contributed by atoms with van der Waals surface area (Å²) in [5.74, 6) is -0.318. The molecule has 1 aromatic rings. The van der Waals surface area contributed by atoms with Gasteiger partial charge in [0.2, 0.25) is 0 Å². The largest absolute Gasteiger partial charge is 0.396 e. The van der Waals surface area contributed by atoms with Gasteiger partial charge < -0.3 is 11.1 Å². The van der Waals surface area contributed by atoms with E-state index in [1.54, 1.807) is 6.07 Å². The van der Waals surface area contributed by atoms with Gasteiger partial charge in [0.25, 0.3) is 0 Å². The topological polar surface area (TPSA) is 38.0 Å². The summed E-state index contributed by atoms with van der Waals surface area (Å²) in [6.45, 7) is 1.00. The first kappa shape index (κ1) is 7.55. The van der Waals surface area contributed by atoms with Gasteiger partial charge in [-0.3, -0.25) is 0 Å². The first-order valence-electron chi connectivity index (χ1n) is 4.06. The maximum Gasteiger partial charge on any atom is 0.146 e. The summed E-state index contributed by atoms with van der Waals surface area (Å²) in [6, 6.07) is 5.22. The van der Waals surface area contributed by atoms with E-state index in [2.05, 4.69) is 5.32 Å². The molecule has 3 N–H and O–H groups in total. The zero-order valence-electron chi connectivity index (χ0n) is 6.68. The van der Waals surface area contributed by atoms with E-state index in [4.69, 9.17) is 5.73 Å². The van der Waals surface area contributed by atoms with Crippen LogP contribution in [0.5, 0.6) is 0 Å². The second-order valence-electron chi connectivity index (χ2n) is 3.04. The molecule has 1 saturated heterocycles. The third kappa shape index (κ3) is 1.06. The van der Waals surface area contributed by atoms with Crippen LogP contribution in [-0.2, 0) is 0 Å². The van der Waals surface area contributed by atoms with E-state index < -0.39 is 0 Å². The van der Waals surface area contributed by atoms with Gasteiger partial charge in [-0.05, 0) is 24.6 Å². The fraction of sp³-hybridized carbons (Fsp3) is 0.333. The number of nitrogens with one attached hydrogen (secondary N) is 1. The van der Waals surface area contributed by atoms with Gasteiger partial charge in [0, 0.05) is 6.04 Å². The molecular formula is C9H11FN2. The van der Waals surface area contributed by atoms with E-state index in [9.17, 15) is 4.39 Å². The van der Waals surface area contributed by atoms with Crippen LogP contribution < -0.4 is 11.1 Å². The Hall–Kier alpha value is -1.09. The Bertz CT molecular complexity index is 295. The summed E-state index contributed by atoms with van der Waals surface area (Å²) in [5.41, 5.74) is 6.75. The lowest BCUT2D eigenvalue weighted by atomic mass is 9.96. The minimum Gasteiger partial charge on any atom is -0.396 e. The number of nitrogens with two attached hydrogens (primary N) is 1. The van der Waals surface area contributed by atoms with E-state index >= 15 is 0 Å². The summed E-state index contributed by atoms with van der Waals surface area (Å²) in [4.78, 5) is 0. The smallest absolute Gasteiger partial charge is 0.146 e. The number of nitrogen functional groups attached to an aromatic ring is 1. The van der Waals surface area contributed by atoms with Crippen LogP contribution in [0.4, 0.5) is 10.1 Å².